The molecule has 0 amide bonds. The van der Waals surface area contributed by atoms with E-state index in [0.717, 1.165) is 22.4 Å². The molecule has 0 fully saturated rings. The van der Waals surface area contributed by atoms with Crippen LogP contribution < -0.4 is 19.6 Å². The van der Waals surface area contributed by atoms with E-state index in [4.69, 9.17) is 26.1 Å². The van der Waals surface area contributed by atoms with Crippen molar-refractivity contribution in [1.29, 1.82) is 0 Å². The minimum Gasteiger partial charge on any atom is -0.491 e. The van der Waals surface area contributed by atoms with E-state index in [1.807, 2.05) is 86.7 Å². The molecule has 0 bridgehead atoms. The molecule has 5 rings (SSSR count). The summed E-state index contributed by atoms with van der Waals surface area (Å²) in [5.41, 5.74) is 2.89. The molecule has 1 aliphatic rings. The smallest absolute Gasteiger partial charge is 0.338 e. The number of ether oxygens (including phenoxy) is 2. The lowest BCUT2D eigenvalue weighted by atomic mass is 9.93. The third-order valence-corrected chi connectivity index (χ3v) is 7.34. The van der Waals surface area contributed by atoms with Crippen molar-refractivity contribution in [3.63, 3.8) is 0 Å². The van der Waals surface area contributed by atoms with Gasteiger partial charge in [0.2, 0.25) is 0 Å². The van der Waals surface area contributed by atoms with E-state index in [9.17, 15) is 9.59 Å². The second-order valence-corrected chi connectivity index (χ2v) is 10.7. The molecule has 0 unspecified atom stereocenters. The zero-order valence-electron chi connectivity index (χ0n) is 21.8. The molecule has 0 spiro atoms. The highest BCUT2D eigenvalue weighted by Gasteiger charge is 2.35. The van der Waals surface area contributed by atoms with Gasteiger partial charge in [0.1, 0.15) is 5.75 Å². The highest BCUT2D eigenvalue weighted by Crippen LogP contribution is 2.35. The minimum atomic E-state index is -0.739. The first-order valence-electron chi connectivity index (χ1n) is 12.7. The van der Waals surface area contributed by atoms with E-state index < -0.39 is 12.0 Å². The van der Waals surface area contributed by atoms with E-state index in [-0.39, 0.29) is 18.3 Å². The summed E-state index contributed by atoms with van der Waals surface area (Å²) in [5, 5.41) is 0.556. The first-order chi connectivity index (χ1) is 18.9. The summed E-state index contributed by atoms with van der Waals surface area (Å²) >= 11 is 7.47. The fraction of sp³-hybridized carbons (Fsp3) is 0.194. The molecule has 0 saturated heterocycles. The van der Waals surface area contributed by atoms with Crippen molar-refractivity contribution >= 4 is 40.7 Å². The largest absolute Gasteiger partial charge is 0.491 e. The average molecular weight is 559 g/mol. The number of thiazole rings is 1. The Bertz CT molecular complexity index is 1700. The molecule has 39 heavy (non-hydrogen) atoms. The van der Waals surface area contributed by atoms with Crippen LogP contribution in [0.25, 0.3) is 11.8 Å². The quantitative estimate of drug-likeness (QED) is 0.286. The monoisotopic (exact) mass is 558 g/mol. The second kappa shape index (κ2) is 11.4. The normalized spacial score (nSPS) is 15.2. The van der Waals surface area contributed by atoms with Crippen molar-refractivity contribution in [1.82, 2.24) is 4.57 Å². The van der Waals surface area contributed by atoms with Gasteiger partial charge in [-0.3, -0.25) is 9.36 Å². The van der Waals surface area contributed by atoms with Crippen LogP contribution in [0.1, 0.15) is 43.5 Å². The molecule has 0 saturated carbocycles. The Morgan fingerprint density at radius 2 is 1.74 bits per heavy atom. The van der Waals surface area contributed by atoms with Crippen molar-refractivity contribution in [3.8, 4) is 5.75 Å². The zero-order valence-corrected chi connectivity index (χ0v) is 23.3. The molecule has 6 nitrogen and oxygen atoms in total. The molecule has 8 heteroatoms. The lowest BCUT2D eigenvalue weighted by Crippen LogP contribution is -2.40. The zero-order chi connectivity index (χ0) is 27.5. The van der Waals surface area contributed by atoms with Gasteiger partial charge in [0.05, 0.1) is 34.6 Å². The SMILES string of the molecule is CCOC(=O)C1=C(c2ccccc2)N=c2s/c(=C\c3ccc(OC(C)C)cc3)c(=O)n2[C@@H]1c1ccc(Cl)cc1. The van der Waals surface area contributed by atoms with E-state index in [1.165, 1.54) is 11.3 Å². The molecule has 0 N–H and O–H groups in total. The Morgan fingerprint density at radius 1 is 1.05 bits per heavy atom. The maximum Gasteiger partial charge on any atom is 0.338 e. The van der Waals surface area contributed by atoms with Crippen LogP contribution in [0, 0.1) is 0 Å². The van der Waals surface area contributed by atoms with Gasteiger partial charge >= 0.3 is 5.97 Å². The van der Waals surface area contributed by atoms with Gasteiger partial charge < -0.3 is 9.47 Å². The number of hydrogen-bond acceptors (Lipinski definition) is 6. The Kier molecular flexibility index (Phi) is 7.82. The number of hydrogen-bond donors (Lipinski definition) is 0. The molecule has 3 aromatic carbocycles. The topological polar surface area (TPSA) is 69.9 Å². The third-order valence-electron chi connectivity index (χ3n) is 6.11. The predicted molar refractivity (Wildman–Crippen MR) is 155 cm³/mol. The van der Waals surface area contributed by atoms with Crippen LogP contribution in [-0.4, -0.2) is 23.2 Å². The lowest BCUT2D eigenvalue weighted by Gasteiger charge is -2.25. The fourth-order valence-corrected chi connectivity index (χ4v) is 5.59. The first-order valence-corrected chi connectivity index (χ1v) is 13.9. The summed E-state index contributed by atoms with van der Waals surface area (Å²) in [6.07, 6.45) is 1.90. The summed E-state index contributed by atoms with van der Waals surface area (Å²) in [7, 11) is 0. The van der Waals surface area contributed by atoms with Crippen molar-refractivity contribution in [2.75, 3.05) is 6.61 Å². The van der Waals surface area contributed by atoms with Crippen molar-refractivity contribution in [3.05, 3.63) is 126 Å². The molecule has 1 aliphatic heterocycles. The molecule has 4 aromatic rings. The molecule has 0 radical (unpaired) electrons. The first kappa shape index (κ1) is 26.7. The minimum absolute atomic E-state index is 0.0693. The number of carbonyl (C=O) groups is 1. The van der Waals surface area contributed by atoms with E-state index in [1.54, 1.807) is 23.6 Å². The van der Waals surface area contributed by atoms with Crippen molar-refractivity contribution in [2.24, 2.45) is 4.99 Å². The molecule has 1 aromatic heterocycles. The molecule has 2 heterocycles. The van der Waals surface area contributed by atoms with Gasteiger partial charge in [-0.2, -0.15) is 0 Å². The second-order valence-electron chi connectivity index (χ2n) is 9.22. The van der Waals surface area contributed by atoms with Gasteiger partial charge in [0, 0.05) is 10.6 Å². The van der Waals surface area contributed by atoms with Gasteiger partial charge in [0.25, 0.3) is 5.56 Å². The van der Waals surface area contributed by atoms with E-state index in [0.29, 0.717) is 25.6 Å². The highest BCUT2D eigenvalue weighted by atomic mass is 35.5. The van der Waals surface area contributed by atoms with Gasteiger partial charge in [-0.05, 0) is 62.2 Å². The number of halogens is 1. The van der Waals surface area contributed by atoms with Gasteiger partial charge in [0.15, 0.2) is 4.80 Å². The lowest BCUT2D eigenvalue weighted by molar-refractivity contribution is -0.138. The number of nitrogens with zero attached hydrogens (tertiary/aromatic N) is 2. The number of carbonyl (C=O) groups excluding carboxylic acids is 1. The van der Waals surface area contributed by atoms with Gasteiger partial charge in [-0.1, -0.05) is 77.5 Å². The number of esters is 1. The average Bonchev–Trinajstić information content (AvgIpc) is 3.24. The summed E-state index contributed by atoms with van der Waals surface area (Å²) in [6.45, 7) is 5.89. The third kappa shape index (κ3) is 5.60. The van der Waals surface area contributed by atoms with Crippen LogP contribution in [0.15, 0.2) is 94.2 Å². The summed E-state index contributed by atoms with van der Waals surface area (Å²) in [4.78, 5) is 32.7. The molecular weight excluding hydrogens is 532 g/mol. The summed E-state index contributed by atoms with van der Waals surface area (Å²) < 4.78 is 13.3. The Morgan fingerprint density at radius 3 is 2.38 bits per heavy atom. The molecular formula is C31H27ClN2O4S. The van der Waals surface area contributed by atoms with Crippen LogP contribution >= 0.6 is 22.9 Å². The Balaban J connectivity index is 1.74. The summed E-state index contributed by atoms with van der Waals surface area (Å²) in [5.74, 6) is 0.244. The van der Waals surface area contributed by atoms with E-state index >= 15 is 0 Å². The van der Waals surface area contributed by atoms with Crippen LogP contribution in [0.5, 0.6) is 5.75 Å². The Hall–Kier alpha value is -3.94. The van der Waals surface area contributed by atoms with Crippen LogP contribution in [0.3, 0.4) is 0 Å². The summed E-state index contributed by atoms with van der Waals surface area (Å²) in [6, 6.07) is 23.5. The molecule has 1 atom stereocenters. The standard InChI is InChI=1S/C31H27ClN2O4S/c1-4-37-30(36)26-27(21-8-6-5-7-9-21)33-31-34(28(26)22-12-14-23(32)15-13-22)29(35)25(39-31)18-20-10-16-24(17-11-20)38-19(2)3/h5-19,28H,4H2,1-3H3/b25-18-/t28-/m1/s1. The highest BCUT2D eigenvalue weighted by molar-refractivity contribution is 7.07. The Labute approximate surface area is 235 Å². The van der Waals surface area contributed by atoms with Crippen molar-refractivity contribution in [2.45, 2.75) is 32.9 Å². The van der Waals surface area contributed by atoms with Gasteiger partial charge in [-0.25, -0.2) is 9.79 Å². The van der Waals surface area contributed by atoms with Gasteiger partial charge in [-0.15, -0.1) is 0 Å². The number of benzene rings is 3. The van der Waals surface area contributed by atoms with Crippen LogP contribution in [0.4, 0.5) is 0 Å². The molecule has 0 aliphatic carbocycles. The number of aromatic nitrogens is 1. The maximum absolute atomic E-state index is 13.9. The van der Waals surface area contributed by atoms with E-state index in [2.05, 4.69) is 0 Å². The van der Waals surface area contributed by atoms with Crippen molar-refractivity contribution < 1.29 is 14.3 Å². The predicted octanol–water partition coefficient (Wildman–Crippen LogP) is 5.38. The fourth-order valence-electron chi connectivity index (χ4n) is 4.47. The maximum atomic E-state index is 13.9. The van der Waals surface area contributed by atoms with Crippen LogP contribution in [-0.2, 0) is 9.53 Å². The number of fused-ring (bicyclic) bond motifs is 1. The van der Waals surface area contributed by atoms with Crippen LogP contribution in [0.2, 0.25) is 5.02 Å². The number of rotatable bonds is 7. The molecule has 198 valence electrons.